The molecule has 4 N–H and O–H groups in total. The summed E-state index contributed by atoms with van der Waals surface area (Å²) in [6.07, 6.45) is 8.01. The average Bonchev–Trinajstić information content (AvgIpc) is 3.25. The molecular formula is C29H52N4O5. The predicted octanol–water partition coefficient (Wildman–Crippen LogP) is 1.43. The van der Waals surface area contributed by atoms with Gasteiger partial charge in [0.2, 0.25) is 5.91 Å². The summed E-state index contributed by atoms with van der Waals surface area (Å²) < 4.78 is 6.21. The molecule has 218 valence electrons. The molecule has 9 heteroatoms. The van der Waals surface area contributed by atoms with Crippen molar-refractivity contribution in [3.8, 4) is 0 Å². The van der Waals surface area contributed by atoms with Gasteiger partial charge in [0.1, 0.15) is 0 Å². The molecule has 1 amide bonds. The van der Waals surface area contributed by atoms with Crippen LogP contribution in [0.3, 0.4) is 0 Å². The van der Waals surface area contributed by atoms with E-state index < -0.39 is 5.60 Å². The zero-order valence-electron chi connectivity index (χ0n) is 24.7. The zero-order valence-corrected chi connectivity index (χ0v) is 24.7. The molecule has 1 fully saturated rings. The predicted molar refractivity (Wildman–Crippen MR) is 149 cm³/mol. The number of methoxy groups -OCH3 is 1. The highest BCUT2D eigenvalue weighted by molar-refractivity contribution is 5.80. The van der Waals surface area contributed by atoms with Crippen LogP contribution in [0.1, 0.15) is 40.5 Å². The largest absolute Gasteiger partial charge is 0.395 e. The maximum absolute atomic E-state index is 12.7. The first-order valence-corrected chi connectivity index (χ1v) is 14.2. The summed E-state index contributed by atoms with van der Waals surface area (Å²) in [5.41, 5.74) is 0.232. The van der Waals surface area contributed by atoms with Gasteiger partial charge in [-0.15, -0.1) is 0 Å². The fourth-order valence-corrected chi connectivity index (χ4v) is 6.80. The van der Waals surface area contributed by atoms with Crippen LogP contribution < -0.4 is 10.6 Å². The Kier molecular flexibility index (Phi) is 11.0. The van der Waals surface area contributed by atoms with Crippen LogP contribution in [-0.2, 0) is 14.4 Å². The van der Waals surface area contributed by atoms with Gasteiger partial charge in [-0.25, -0.2) is 0 Å². The van der Waals surface area contributed by atoms with Gasteiger partial charge in [-0.1, -0.05) is 37.6 Å². The Bertz CT molecular complexity index is 841. The van der Waals surface area contributed by atoms with Crippen LogP contribution in [0.5, 0.6) is 0 Å². The summed E-state index contributed by atoms with van der Waals surface area (Å²) in [4.78, 5) is 21.3. The fourth-order valence-electron chi connectivity index (χ4n) is 6.80. The molecule has 3 aliphatic rings. The topological polar surface area (TPSA) is 107 Å². The van der Waals surface area contributed by atoms with Crippen LogP contribution >= 0.6 is 0 Å². The van der Waals surface area contributed by atoms with Gasteiger partial charge >= 0.3 is 0 Å². The van der Waals surface area contributed by atoms with E-state index in [1.165, 1.54) is 5.57 Å². The second-order valence-corrected chi connectivity index (χ2v) is 12.1. The third-order valence-electron chi connectivity index (χ3n) is 8.94. The number of aliphatic hydroxyl groups is 2. The van der Waals surface area contributed by atoms with E-state index in [0.717, 1.165) is 19.4 Å². The summed E-state index contributed by atoms with van der Waals surface area (Å²) in [6.45, 7) is 9.72. The van der Waals surface area contributed by atoms with E-state index in [2.05, 4.69) is 54.8 Å². The summed E-state index contributed by atoms with van der Waals surface area (Å²) >= 11 is 0. The number of carbonyl (C=O) groups is 1. The van der Waals surface area contributed by atoms with Gasteiger partial charge in [0.15, 0.2) is 0 Å². The quantitative estimate of drug-likeness (QED) is 0.294. The summed E-state index contributed by atoms with van der Waals surface area (Å²) in [5.74, 6) is 0.0230. The third kappa shape index (κ3) is 6.86. The SMILES string of the molecule is CCNCC1ON(C[C@@H]2C(OC)C(C3=CC(C(=O)NC)CC(N(C)C)C3)C=C[C@@H]2C)[C@H](CO)[C@H]1C(C)(C)O. The number of nitrogens with one attached hydrogen (secondary N) is 2. The molecule has 9 nitrogen and oxygen atoms in total. The third-order valence-corrected chi connectivity index (χ3v) is 8.94. The van der Waals surface area contributed by atoms with E-state index in [4.69, 9.17) is 9.57 Å². The Morgan fingerprint density at radius 1 is 1.32 bits per heavy atom. The summed E-state index contributed by atoms with van der Waals surface area (Å²) in [5, 5.41) is 29.5. The number of rotatable bonds is 11. The number of aliphatic hydroxyl groups excluding tert-OH is 1. The molecule has 9 atom stereocenters. The number of hydrogen-bond acceptors (Lipinski definition) is 8. The molecule has 0 aromatic heterocycles. The van der Waals surface area contributed by atoms with Crippen molar-refractivity contribution in [2.75, 3.05) is 54.5 Å². The maximum Gasteiger partial charge on any atom is 0.226 e. The molecule has 0 aromatic carbocycles. The van der Waals surface area contributed by atoms with E-state index in [1.54, 1.807) is 28.0 Å². The van der Waals surface area contributed by atoms with Crippen LogP contribution in [0.25, 0.3) is 0 Å². The highest BCUT2D eigenvalue weighted by Gasteiger charge is 2.51. The van der Waals surface area contributed by atoms with Gasteiger partial charge in [-0.2, -0.15) is 5.06 Å². The standard InChI is InChI=1S/C29H52N4O5/c1-9-31-15-25-26(29(3,4)36)24(17-34)33(38-25)16-23-18(2)10-11-22(27(23)37-8)19-12-20(28(35)30-5)14-21(13-19)32(6)7/h10-12,18,20-27,31,34,36H,9,13-17H2,1-8H3,(H,30,35)/t18-,20?,21?,22?,23-,24+,25?,26+,27?/m0/s1. The molecule has 0 saturated carbocycles. The van der Waals surface area contributed by atoms with Crippen molar-refractivity contribution in [1.29, 1.82) is 0 Å². The smallest absolute Gasteiger partial charge is 0.226 e. The Hall–Kier alpha value is -1.33. The molecule has 0 radical (unpaired) electrons. The van der Waals surface area contributed by atoms with E-state index in [0.29, 0.717) is 13.1 Å². The molecule has 1 aliphatic heterocycles. The summed E-state index contributed by atoms with van der Waals surface area (Å²) in [7, 11) is 7.61. The second kappa shape index (κ2) is 13.4. The van der Waals surface area contributed by atoms with Crippen LogP contribution in [-0.4, -0.2) is 110 Å². The number of nitrogens with zero attached hydrogens (tertiary/aromatic N) is 2. The Labute approximate surface area is 229 Å². The van der Waals surface area contributed by atoms with Crippen LogP contribution in [0.4, 0.5) is 0 Å². The van der Waals surface area contributed by atoms with E-state index in [-0.39, 0.29) is 66.4 Å². The number of allylic oxidation sites excluding steroid dienone is 1. The van der Waals surface area contributed by atoms with Crippen molar-refractivity contribution in [3.63, 3.8) is 0 Å². The van der Waals surface area contributed by atoms with Crippen molar-refractivity contribution in [2.24, 2.45) is 29.6 Å². The molecule has 3 rings (SSSR count). The molecule has 0 bridgehead atoms. The van der Waals surface area contributed by atoms with E-state index >= 15 is 0 Å². The molecule has 0 aromatic rings. The Morgan fingerprint density at radius 3 is 2.58 bits per heavy atom. The van der Waals surface area contributed by atoms with Gasteiger partial charge in [-0.05, 0) is 53.2 Å². The summed E-state index contributed by atoms with van der Waals surface area (Å²) in [6, 6.07) is -0.0431. The van der Waals surface area contributed by atoms with Gasteiger partial charge in [0, 0.05) is 51.0 Å². The number of hydroxylamine groups is 2. The van der Waals surface area contributed by atoms with Gasteiger partial charge in [-0.3, -0.25) is 9.63 Å². The zero-order chi connectivity index (χ0) is 28.2. The molecule has 1 saturated heterocycles. The lowest BCUT2D eigenvalue weighted by atomic mass is 9.70. The van der Waals surface area contributed by atoms with Gasteiger partial charge in [0.25, 0.3) is 0 Å². The van der Waals surface area contributed by atoms with Crippen LogP contribution in [0.15, 0.2) is 23.8 Å². The van der Waals surface area contributed by atoms with E-state index in [1.807, 2.05) is 12.0 Å². The molecule has 2 aliphatic carbocycles. The van der Waals surface area contributed by atoms with Crippen molar-refractivity contribution in [1.82, 2.24) is 20.6 Å². The van der Waals surface area contributed by atoms with Gasteiger partial charge < -0.3 is 30.5 Å². The number of hydrogen-bond donors (Lipinski definition) is 4. The number of ether oxygens (including phenoxy) is 1. The minimum atomic E-state index is -1.01. The average molecular weight is 537 g/mol. The normalized spacial score (nSPS) is 36.5. The monoisotopic (exact) mass is 536 g/mol. The first-order chi connectivity index (χ1) is 18.0. The number of amides is 1. The molecule has 0 spiro atoms. The fraction of sp³-hybridized carbons (Fsp3) is 0.828. The molecule has 1 heterocycles. The lowest BCUT2D eigenvalue weighted by molar-refractivity contribution is -0.184. The Morgan fingerprint density at radius 2 is 2.03 bits per heavy atom. The lowest BCUT2D eigenvalue weighted by Gasteiger charge is -2.43. The molecule has 5 unspecified atom stereocenters. The highest BCUT2D eigenvalue weighted by atomic mass is 16.7. The van der Waals surface area contributed by atoms with Crippen LogP contribution in [0, 0.1) is 29.6 Å². The minimum Gasteiger partial charge on any atom is -0.395 e. The number of likely N-dealkylation sites (N-methyl/N-ethyl adjacent to an activating group) is 1. The van der Waals surface area contributed by atoms with Crippen molar-refractivity contribution >= 4 is 5.91 Å². The lowest BCUT2D eigenvalue weighted by Crippen LogP contribution is -2.50. The maximum atomic E-state index is 12.7. The Balaban J connectivity index is 1.88. The second-order valence-electron chi connectivity index (χ2n) is 12.1. The minimum absolute atomic E-state index is 0.0494. The van der Waals surface area contributed by atoms with Crippen molar-refractivity contribution in [2.45, 2.75) is 70.4 Å². The van der Waals surface area contributed by atoms with Crippen molar-refractivity contribution in [3.05, 3.63) is 23.8 Å². The molecular weight excluding hydrogens is 484 g/mol. The first-order valence-electron chi connectivity index (χ1n) is 14.2. The van der Waals surface area contributed by atoms with E-state index in [9.17, 15) is 15.0 Å². The van der Waals surface area contributed by atoms with Crippen molar-refractivity contribution < 1.29 is 24.6 Å². The highest BCUT2D eigenvalue weighted by Crippen LogP contribution is 2.42. The van der Waals surface area contributed by atoms with Gasteiger partial charge in [0.05, 0.1) is 36.4 Å². The first kappa shape index (κ1) is 31.2. The number of carbonyl (C=O) groups excluding carboxylic acids is 1. The van der Waals surface area contributed by atoms with Crippen LogP contribution in [0.2, 0.25) is 0 Å². The molecule has 38 heavy (non-hydrogen) atoms.